The van der Waals surface area contributed by atoms with Crippen molar-refractivity contribution in [1.29, 1.82) is 0 Å². The van der Waals surface area contributed by atoms with Crippen molar-refractivity contribution in [1.82, 2.24) is 14.5 Å². The number of aromatic nitrogens is 3. The molecule has 2 aromatic carbocycles. The van der Waals surface area contributed by atoms with E-state index in [0.717, 1.165) is 11.4 Å². The molecule has 9 nitrogen and oxygen atoms in total. The lowest BCUT2D eigenvalue weighted by atomic mass is 9.95. The summed E-state index contributed by atoms with van der Waals surface area (Å²) < 4.78 is 29.6. The molecule has 0 atom stereocenters. The molecule has 10 heteroatoms. The minimum absolute atomic E-state index is 0.220. The fourth-order valence-corrected chi connectivity index (χ4v) is 5.06. The van der Waals surface area contributed by atoms with Crippen LogP contribution in [0.3, 0.4) is 0 Å². The molecule has 37 heavy (non-hydrogen) atoms. The first-order valence-electron chi connectivity index (χ1n) is 11.5. The van der Waals surface area contributed by atoms with E-state index in [1.54, 1.807) is 53.7 Å². The van der Waals surface area contributed by atoms with Crippen LogP contribution in [0.4, 0.5) is 0 Å². The first kappa shape index (κ1) is 26.2. The third-order valence-electron chi connectivity index (χ3n) is 5.87. The van der Waals surface area contributed by atoms with Crippen LogP contribution in [0.5, 0.6) is 23.0 Å². The standard InChI is InChI=1S/C27H29N3O6S/c1-7-36-27(31)25-24(16-8-9-19(32-3)20(12-16)33-4)17-13-21(34-5)22(35-6)14-18(17)29-26(25)37-15-23-28-10-11-30(23)2/h8-14H,7,15H2,1-6H3. The summed E-state index contributed by atoms with van der Waals surface area (Å²) in [5.74, 6) is 3.04. The van der Waals surface area contributed by atoms with Gasteiger partial charge in [-0.05, 0) is 30.7 Å². The predicted molar refractivity (Wildman–Crippen MR) is 142 cm³/mol. The van der Waals surface area contributed by atoms with Crippen molar-refractivity contribution in [3.63, 3.8) is 0 Å². The second-order valence-electron chi connectivity index (χ2n) is 7.92. The molecule has 0 aliphatic carbocycles. The Morgan fingerprint density at radius 2 is 1.62 bits per heavy atom. The maximum atomic E-state index is 13.5. The third kappa shape index (κ3) is 5.15. The van der Waals surface area contributed by atoms with Crippen molar-refractivity contribution in [3.8, 4) is 34.1 Å². The number of esters is 1. The number of hydrogen-bond donors (Lipinski definition) is 0. The second-order valence-corrected chi connectivity index (χ2v) is 8.89. The molecule has 4 aromatic rings. The van der Waals surface area contributed by atoms with Gasteiger partial charge in [-0.3, -0.25) is 0 Å². The van der Waals surface area contributed by atoms with Gasteiger partial charge < -0.3 is 28.3 Å². The van der Waals surface area contributed by atoms with E-state index in [0.29, 0.717) is 55.8 Å². The van der Waals surface area contributed by atoms with E-state index in [4.69, 9.17) is 28.7 Å². The highest BCUT2D eigenvalue weighted by Gasteiger charge is 2.26. The normalized spacial score (nSPS) is 10.9. The summed E-state index contributed by atoms with van der Waals surface area (Å²) in [6, 6.07) is 9.14. The Kier molecular flexibility index (Phi) is 8.08. The lowest BCUT2D eigenvalue weighted by Gasteiger charge is -2.19. The molecule has 0 amide bonds. The summed E-state index contributed by atoms with van der Waals surface area (Å²) in [6.45, 7) is 1.99. The average molecular weight is 524 g/mol. The van der Waals surface area contributed by atoms with Gasteiger partial charge in [0, 0.05) is 36.5 Å². The average Bonchev–Trinajstić information content (AvgIpc) is 3.34. The molecule has 0 fully saturated rings. The molecule has 0 unspecified atom stereocenters. The van der Waals surface area contributed by atoms with Gasteiger partial charge in [-0.2, -0.15) is 0 Å². The molecular formula is C27H29N3O6S. The number of imidazole rings is 1. The SMILES string of the molecule is CCOC(=O)c1c(SCc2nccn2C)nc2cc(OC)c(OC)cc2c1-c1ccc(OC)c(OC)c1. The molecule has 0 radical (unpaired) electrons. The predicted octanol–water partition coefficient (Wildman–Crippen LogP) is 5.14. The zero-order chi connectivity index (χ0) is 26.5. The maximum Gasteiger partial charge on any atom is 0.341 e. The molecule has 4 rings (SSSR count). The molecular weight excluding hydrogens is 494 g/mol. The van der Waals surface area contributed by atoms with E-state index in [1.807, 2.05) is 36.0 Å². The molecule has 0 N–H and O–H groups in total. The third-order valence-corrected chi connectivity index (χ3v) is 6.84. The number of carbonyl (C=O) groups excluding carboxylic acids is 1. The van der Waals surface area contributed by atoms with E-state index in [2.05, 4.69) is 4.98 Å². The van der Waals surface area contributed by atoms with Gasteiger partial charge in [0.05, 0.1) is 46.3 Å². The number of benzene rings is 2. The number of thioether (sulfide) groups is 1. The molecule has 2 aromatic heterocycles. The van der Waals surface area contributed by atoms with Crippen LogP contribution in [0, 0.1) is 0 Å². The van der Waals surface area contributed by atoms with Gasteiger partial charge in [0.25, 0.3) is 0 Å². The molecule has 2 heterocycles. The highest BCUT2D eigenvalue weighted by Crippen LogP contribution is 2.43. The minimum atomic E-state index is -0.473. The van der Waals surface area contributed by atoms with Gasteiger partial charge in [-0.25, -0.2) is 14.8 Å². The van der Waals surface area contributed by atoms with Crippen LogP contribution in [0.15, 0.2) is 47.8 Å². The lowest BCUT2D eigenvalue weighted by molar-refractivity contribution is 0.0522. The molecule has 0 aliphatic rings. The van der Waals surface area contributed by atoms with Crippen molar-refractivity contribution >= 4 is 28.6 Å². The van der Waals surface area contributed by atoms with Crippen molar-refractivity contribution in [2.45, 2.75) is 17.7 Å². The van der Waals surface area contributed by atoms with Gasteiger partial charge in [-0.1, -0.05) is 17.8 Å². The summed E-state index contributed by atoms with van der Waals surface area (Å²) >= 11 is 1.41. The number of carbonyl (C=O) groups is 1. The number of aryl methyl sites for hydroxylation is 1. The van der Waals surface area contributed by atoms with Crippen molar-refractivity contribution in [3.05, 3.63) is 54.1 Å². The second kappa shape index (κ2) is 11.4. The Balaban J connectivity index is 2.05. The summed E-state index contributed by atoms with van der Waals surface area (Å²) in [6.07, 6.45) is 3.62. The van der Waals surface area contributed by atoms with E-state index in [1.165, 1.54) is 11.8 Å². The van der Waals surface area contributed by atoms with Crippen molar-refractivity contribution in [2.24, 2.45) is 7.05 Å². The largest absolute Gasteiger partial charge is 0.493 e. The van der Waals surface area contributed by atoms with Crippen LogP contribution < -0.4 is 18.9 Å². The van der Waals surface area contributed by atoms with Crippen LogP contribution in [0.25, 0.3) is 22.0 Å². The lowest BCUT2D eigenvalue weighted by Crippen LogP contribution is -2.11. The Labute approximate surface area is 219 Å². The van der Waals surface area contributed by atoms with E-state index in [-0.39, 0.29) is 6.61 Å². The van der Waals surface area contributed by atoms with Crippen LogP contribution in [-0.4, -0.2) is 55.6 Å². The van der Waals surface area contributed by atoms with Crippen molar-refractivity contribution < 1.29 is 28.5 Å². The number of fused-ring (bicyclic) bond motifs is 1. The number of pyridine rings is 1. The molecule has 0 saturated carbocycles. The fraction of sp³-hybridized carbons (Fsp3) is 0.296. The molecule has 0 saturated heterocycles. The van der Waals surface area contributed by atoms with Crippen molar-refractivity contribution in [2.75, 3.05) is 35.0 Å². The molecule has 194 valence electrons. The van der Waals surface area contributed by atoms with Gasteiger partial charge in [0.1, 0.15) is 16.4 Å². The topological polar surface area (TPSA) is 93.9 Å². The summed E-state index contributed by atoms with van der Waals surface area (Å²) in [7, 11) is 8.21. The Bertz CT molecular complexity index is 1440. The smallest absolute Gasteiger partial charge is 0.341 e. The summed E-state index contributed by atoms with van der Waals surface area (Å²) in [4.78, 5) is 22.8. The summed E-state index contributed by atoms with van der Waals surface area (Å²) in [5, 5.41) is 1.22. The Morgan fingerprint density at radius 3 is 2.24 bits per heavy atom. The van der Waals surface area contributed by atoms with E-state index in [9.17, 15) is 4.79 Å². The molecule has 0 spiro atoms. The maximum absolute atomic E-state index is 13.5. The van der Waals surface area contributed by atoms with Gasteiger partial charge >= 0.3 is 5.97 Å². The Hall–Kier alpha value is -3.92. The van der Waals surface area contributed by atoms with Crippen LogP contribution >= 0.6 is 11.8 Å². The van der Waals surface area contributed by atoms with Crippen LogP contribution in [-0.2, 0) is 17.5 Å². The van der Waals surface area contributed by atoms with Gasteiger partial charge in [0.2, 0.25) is 0 Å². The van der Waals surface area contributed by atoms with Crippen LogP contribution in [0.1, 0.15) is 23.1 Å². The van der Waals surface area contributed by atoms with E-state index >= 15 is 0 Å². The zero-order valence-corrected chi connectivity index (χ0v) is 22.5. The molecule has 0 bridgehead atoms. The number of nitrogens with zero attached hydrogens (tertiary/aromatic N) is 3. The Morgan fingerprint density at radius 1 is 0.946 bits per heavy atom. The minimum Gasteiger partial charge on any atom is -0.493 e. The fourth-order valence-electron chi connectivity index (χ4n) is 4.03. The van der Waals surface area contributed by atoms with Gasteiger partial charge in [-0.15, -0.1) is 0 Å². The first-order valence-corrected chi connectivity index (χ1v) is 12.5. The molecule has 0 aliphatic heterocycles. The highest BCUT2D eigenvalue weighted by molar-refractivity contribution is 7.98. The van der Waals surface area contributed by atoms with E-state index < -0.39 is 5.97 Å². The first-order chi connectivity index (χ1) is 17.9. The highest BCUT2D eigenvalue weighted by atomic mass is 32.2. The number of hydrogen-bond acceptors (Lipinski definition) is 9. The van der Waals surface area contributed by atoms with Gasteiger partial charge in [0.15, 0.2) is 23.0 Å². The number of rotatable bonds is 10. The summed E-state index contributed by atoms with van der Waals surface area (Å²) in [5.41, 5.74) is 2.37. The number of methoxy groups -OCH3 is 4. The zero-order valence-electron chi connectivity index (χ0n) is 21.7. The van der Waals surface area contributed by atoms with Crippen LogP contribution in [0.2, 0.25) is 0 Å². The monoisotopic (exact) mass is 523 g/mol. The number of ether oxygens (including phenoxy) is 5. The quantitative estimate of drug-likeness (QED) is 0.207.